The van der Waals surface area contributed by atoms with Crippen molar-refractivity contribution in [1.29, 1.82) is 0 Å². The Bertz CT molecular complexity index is 982. The Labute approximate surface area is 181 Å². The van der Waals surface area contributed by atoms with Gasteiger partial charge in [0.1, 0.15) is 5.76 Å². The number of hydrogen-bond acceptors (Lipinski definition) is 5. The lowest BCUT2D eigenvalue weighted by Gasteiger charge is -2.42. The SMILES string of the molecule is Cc1occc1C(=O)N1CCC2(CC1)NC(=O)CC2c1cccnc1.O=C(O)C(F)(F)F. The van der Waals surface area contributed by atoms with Crippen LogP contribution in [0.4, 0.5) is 13.2 Å². The molecule has 2 saturated heterocycles. The minimum atomic E-state index is -5.08. The zero-order valence-corrected chi connectivity index (χ0v) is 17.2. The smallest absolute Gasteiger partial charge is 0.475 e. The van der Waals surface area contributed by atoms with E-state index in [0.29, 0.717) is 30.8 Å². The number of aryl methyl sites for hydroxylation is 1. The molecule has 2 aromatic rings. The van der Waals surface area contributed by atoms with Crippen molar-refractivity contribution < 1.29 is 37.1 Å². The van der Waals surface area contributed by atoms with Crippen molar-refractivity contribution >= 4 is 17.8 Å². The third-order valence-corrected chi connectivity index (χ3v) is 5.81. The lowest BCUT2D eigenvalue weighted by Crippen LogP contribution is -2.54. The van der Waals surface area contributed by atoms with Crippen molar-refractivity contribution in [3.05, 3.63) is 53.7 Å². The van der Waals surface area contributed by atoms with Crippen molar-refractivity contribution in [3.8, 4) is 0 Å². The van der Waals surface area contributed by atoms with Gasteiger partial charge >= 0.3 is 12.1 Å². The average molecular weight is 453 g/mol. The highest BCUT2D eigenvalue weighted by Gasteiger charge is 2.49. The van der Waals surface area contributed by atoms with Gasteiger partial charge in [-0.3, -0.25) is 14.6 Å². The predicted octanol–water partition coefficient (Wildman–Crippen LogP) is 2.89. The van der Waals surface area contributed by atoms with Crippen LogP contribution in [0, 0.1) is 6.92 Å². The lowest BCUT2D eigenvalue weighted by atomic mass is 9.74. The number of halogens is 3. The second-order valence-corrected chi connectivity index (χ2v) is 7.73. The second-order valence-electron chi connectivity index (χ2n) is 7.73. The van der Waals surface area contributed by atoms with Crippen LogP contribution in [0.2, 0.25) is 0 Å². The summed E-state index contributed by atoms with van der Waals surface area (Å²) in [4.78, 5) is 39.7. The van der Waals surface area contributed by atoms with E-state index in [4.69, 9.17) is 14.3 Å². The van der Waals surface area contributed by atoms with Gasteiger partial charge in [-0.25, -0.2) is 4.79 Å². The van der Waals surface area contributed by atoms with Crippen LogP contribution in [0.1, 0.15) is 46.9 Å². The fraction of sp³-hybridized carbons (Fsp3) is 0.429. The zero-order chi connectivity index (χ0) is 23.5. The number of pyridine rings is 1. The molecule has 2 aromatic heterocycles. The summed E-state index contributed by atoms with van der Waals surface area (Å²) in [6.07, 6.45) is 2.04. The number of alkyl halides is 3. The second kappa shape index (κ2) is 9.01. The fourth-order valence-corrected chi connectivity index (χ4v) is 4.18. The van der Waals surface area contributed by atoms with Gasteiger partial charge in [-0.1, -0.05) is 6.07 Å². The molecule has 11 heteroatoms. The third-order valence-electron chi connectivity index (χ3n) is 5.81. The molecule has 0 radical (unpaired) electrons. The topological polar surface area (TPSA) is 113 Å². The van der Waals surface area contributed by atoms with E-state index in [0.717, 1.165) is 18.4 Å². The number of nitrogens with zero attached hydrogens (tertiary/aromatic N) is 2. The van der Waals surface area contributed by atoms with Crippen molar-refractivity contribution in [1.82, 2.24) is 15.2 Å². The van der Waals surface area contributed by atoms with Gasteiger partial charge < -0.3 is 19.7 Å². The summed E-state index contributed by atoms with van der Waals surface area (Å²) in [5.74, 6) is -1.91. The zero-order valence-electron chi connectivity index (χ0n) is 17.2. The first-order valence-electron chi connectivity index (χ1n) is 9.88. The molecule has 4 heterocycles. The van der Waals surface area contributed by atoms with Gasteiger partial charge in [0, 0.05) is 37.8 Å². The quantitative estimate of drug-likeness (QED) is 0.723. The number of carboxylic acid groups (broad SMARTS) is 1. The first-order chi connectivity index (χ1) is 15.0. The number of furan rings is 1. The molecule has 0 saturated carbocycles. The summed E-state index contributed by atoms with van der Waals surface area (Å²) in [6, 6.07) is 5.66. The number of rotatable bonds is 2. The first-order valence-corrected chi connectivity index (χ1v) is 9.88. The van der Waals surface area contributed by atoms with E-state index in [2.05, 4.69) is 10.3 Å². The summed E-state index contributed by atoms with van der Waals surface area (Å²) in [6.45, 7) is 3.05. The van der Waals surface area contributed by atoms with E-state index >= 15 is 0 Å². The number of carboxylic acids is 1. The average Bonchev–Trinajstić information content (AvgIpc) is 3.31. The normalized spacial score (nSPS) is 19.8. The van der Waals surface area contributed by atoms with Crippen LogP contribution in [0.15, 0.2) is 41.3 Å². The van der Waals surface area contributed by atoms with Gasteiger partial charge in [0.25, 0.3) is 5.91 Å². The maximum atomic E-state index is 12.7. The van der Waals surface area contributed by atoms with Crippen molar-refractivity contribution in [3.63, 3.8) is 0 Å². The van der Waals surface area contributed by atoms with Crippen LogP contribution in [-0.4, -0.2) is 57.6 Å². The highest BCUT2D eigenvalue weighted by molar-refractivity contribution is 5.95. The largest absolute Gasteiger partial charge is 0.490 e. The van der Waals surface area contributed by atoms with Gasteiger partial charge in [-0.2, -0.15) is 13.2 Å². The standard InChI is InChI=1S/C19H21N3O3.C2HF3O2/c1-13-15(4-10-25-13)18(24)22-8-5-19(6-9-22)16(11-17(23)21-19)14-3-2-7-20-12-14;3-2(4,5)1(6)7/h2-4,7,10,12,16H,5-6,8-9,11H2,1H3,(H,21,23);(H,6,7). The Morgan fingerprint density at radius 1 is 1.28 bits per heavy atom. The number of carbonyl (C=O) groups excluding carboxylic acids is 2. The van der Waals surface area contributed by atoms with Crippen molar-refractivity contribution in [2.45, 2.75) is 43.8 Å². The summed E-state index contributed by atoms with van der Waals surface area (Å²) < 4.78 is 37.0. The summed E-state index contributed by atoms with van der Waals surface area (Å²) in [5, 5.41) is 10.3. The van der Waals surface area contributed by atoms with E-state index in [1.54, 1.807) is 25.5 Å². The minimum Gasteiger partial charge on any atom is -0.475 e. The Morgan fingerprint density at radius 2 is 1.94 bits per heavy atom. The third kappa shape index (κ3) is 4.92. The Morgan fingerprint density at radius 3 is 2.44 bits per heavy atom. The molecule has 2 aliphatic rings. The number of nitrogens with one attached hydrogen (secondary N) is 1. The molecule has 2 amide bonds. The molecule has 1 atom stereocenters. The fourth-order valence-electron chi connectivity index (χ4n) is 4.18. The summed E-state index contributed by atoms with van der Waals surface area (Å²) in [7, 11) is 0. The predicted molar refractivity (Wildman–Crippen MR) is 105 cm³/mol. The van der Waals surface area contributed by atoms with Crippen LogP contribution in [0.25, 0.3) is 0 Å². The number of likely N-dealkylation sites (tertiary alicyclic amines) is 1. The van der Waals surface area contributed by atoms with Gasteiger partial charge in [0.2, 0.25) is 5.91 Å². The van der Waals surface area contributed by atoms with Crippen molar-refractivity contribution in [2.24, 2.45) is 0 Å². The molecular weight excluding hydrogens is 431 g/mol. The molecule has 2 N–H and O–H groups in total. The van der Waals surface area contributed by atoms with E-state index in [1.165, 1.54) is 0 Å². The molecular formula is C21H22F3N3O5. The van der Waals surface area contributed by atoms with Crippen LogP contribution in [0.3, 0.4) is 0 Å². The van der Waals surface area contributed by atoms with Crippen molar-refractivity contribution in [2.75, 3.05) is 13.1 Å². The van der Waals surface area contributed by atoms with Gasteiger partial charge in [-0.05, 0) is 37.5 Å². The number of carbonyl (C=O) groups is 3. The molecule has 0 bridgehead atoms. The molecule has 2 fully saturated rings. The molecule has 0 aromatic carbocycles. The highest BCUT2D eigenvalue weighted by atomic mass is 19.4. The molecule has 4 rings (SSSR count). The van der Waals surface area contributed by atoms with Gasteiger partial charge in [0.15, 0.2) is 0 Å². The summed E-state index contributed by atoms with van der Waals surface area (Å²) in [5.41, 5.74) is 1.43. The number of aliphatic carboxylic acids is 1. The molecule has 8 nitrogen and oxygen atoms in total. The maximum Gasteiger partial charge on any atom is 0.490 e. The Kier molecular flexibility index (Phi) is 6.56. The number of aromatic nitrogens is 1. The molecule has 32 heavy (non-hydrogen) atoms. The Balaban J connectivity index is 0.000000360. The number of piperidine rings is 1. The number of amides is 2. The first kappa shape index (κ1) is 23.3. The van der Waals surface area contributed by atoms with Crippen LogP contribution >= 0.6 is 0 Å². The van der Waals surface area contributed by atoms with Gasteiger partial charge in [0.05, 0.1) is 17.4 Å². The molecule has 0 aliphatic carbocycles. The number of hydrogen-bond donors (Lipinski definition) is 2. The van der Waals surface area contributed by atoms with Crippen LogP contribution in [0.5, 0.6) is 0 Å². The van der Waals surface area contributed by atoms with Crippen LogP contribution < -0.4 is 5.32 Å². The van der Waals surface area contributed by atoms with E-state index in [9.17, 15) is 22.8 Å². The monoisotopic (exact) mass is 453 g/mol. The molecule has 1 spiro atoms. The van der Waals surface area contributed by atoms with Crippen LogP contribution in [-0.2, 0) is 9.59 Å². The van der Waals surface area contributed by atoms with E-state index in [-0.39, 0.29) is 23.3 Å². The van der Waals surface area contributed by atoms with E-state index < -0.39 is 12.1 Å². The molecule has 1 unspecified atom stereocenters. The Hall–Kier alpha value is -3.37. The highest BCUT2D eigenvalue weighted by Crippen LogP contribution is 2.43. The van der Waals surface area contributed by atoms with Gasteiger partial charge in [-0.15, -0.1) is 0 Å². The minimum absolute atomic E-state index is 0.00310. The molecule has 172 valence electrons. The maximum absolute atomic E-state index is 12.7. The van der Waals surface area contributed by atoms with E-state index in [1.807, 2.05) is 23.2 Å². The molecule has 2 aliphatic heterocycles. The summed E-state index contributed by atoms with van der Waals surface area (Å²) >= 11 is 0. The lowest BCUT2D eigenvalue weighted by molar-refractivity contribution is -0.192.